The molecule has 2 heterocycles. The van der Waals surface area contributed by atoms with E-state index in [4.69, 9.17) is 5.14 Å². The number of aromatic nitrogens is 2. The number of hydrogen-bond acceptors (Lipinski definition) is 7. The van der Waals surface area contributed by atoms with E-state index < -0.39 is 10.0 Å². The second-order valence-electron chi connectivity index (χ2n) is 9.46. The van der Waals surface area contributed by atoms with Crippen molar-refractivity contribution in [1.29, 1.82) is 0 Å². The zero-order valence-corrected chi connectivity index (χ0v) is 21.3. The number of halogens is 1. The first kappa shape index (κ1) is 26.2. The van der Waals surface area contributed by atoms with Crippen LogP contribution in [0.15, 0.2) is 53.6 Å². The van der Waals surface area contributed by atoms with Gasteiger partial charge in [-0.3, -0.25) is 4.90 Å². The van der Waals surface area contributed by atoms with Crippen LogP contribution in [0, 0.1) is 5.82 Å². The van der Waals surface area contributed by atoms with E-state index in [-0.39, 0.29) is 16.5 Å². The fourth-order valence-electron chi connectivity index (χ4n) is 4.48. The average molecular weight is 514 g/mol. The summed E-state index contributed by atoms with van der Waals surface area (Å²) in [7, 11) is -4.01. The smallest absolute Gasteiger partial charge is 0.241 e. The maximum Gasteiger partial charge on any atom is 0.241 e. The van der Waals surface area contributed by atoms with Gasteiger partial charge < -0.3 is 10.4 Å². The molecule has 0 saturated carbocycles. The van der Waals surface area contributed by atoms with E-state index in [0.29, 0.717) is 48.4 Å². The van der Waals surface area contributed by atoms with Crippen LogP contribution in [0.3, 0.4) is 0 Å². The van der Waals surface area contributed by atoms with Gasteiger partial charge in [0.1, 0.15) is 22.3 Å². The Morgan fingerprint density at radius 1 is 1.14 bits per heavy atom. The lowest BCUT2D eigenvalue weighted by Gasteiger charge is -2.37. The first-order valence-electron chi connectivity index (χ1n) is 12.0. The number of rotatable bonds is 8. The summed E-state index contributed by atoms with van der Waals surface area (Å²) in [5, 5.41) is 18.4. The fraction of sp³-hybridized carbons (Fsp3) is 0.385. The average Bonchev–Trinajstić information content (AvgIpc) is 2.83. The summed E-state index contributed by atoms with van der Waals surface area (Å²) in [5.74, 6) is -0.125. The summed E-state index contributed by atoms with van der Waals surface area (Å²) in [6.45, 7) is 6.96. The highest BCUT2D eigenvalue weighted by Gasteiger charge is 2.22. The first-order chi connectivity index (χ1) is 17.1. The molecule has 0 amide bonds. The number of phenols is 1. The number of primary sulfonamides is 1. The van der Waals surface area contributed by atoms with Gasteiger partial charge in [0.25, 0.3) is 0 Å². The summed E-state index contributed by atoms with van der Waals surface area (Å²) in [6.07, 6.45) is 3.34. The predicted molar refractivity (Wildman–Crippen MR) is 136 cm³/mol. The number of hydrogen-bond donors (Lipinski definition) is 3. The molecule has 0 spiro atoms. The Bertz CT molecular complexity index is 1330. The van der Waals surface area contributed by atoms with Crippen molar-refractivity contribution in [3.05, 3.63) is 71.4 Å². The summed E-state index contributed by atoms with van der Waals surface area (Å²) < 4.78 is 38.0. The maximum atomic E-state index is 14.8. The number of nitrogens with two attached hydrogens (primary N) is 1. The molecule has 2 atom stereocenters. The Hall–Kier alpha value is -2.92. The van der Waals surface area contributed by atoms with Gasteiger partial charge >= 0.3 is 0 Å². The number of aryl methyl sites for hydroxylation is 2. The van der Waals surface area contributed by atoms with Gasteiger partial charge in [0.05, 0.1) is 5.69 Å². The highest BCUT2D eigenvalue weighted by Crippen LogP contribution is 2.25. The SMILES string of the molecule is C[C@H]1CN(Cc2ccc(F)c(-c3ccnc(CCCc4ccc(O)c(S(N)(=O)=O)c4)n3)c2)[C@@H](C)CN1. The van der Waals surface area contributed by atoms with E-state index >= 15 is 0 Å². The van der Waals surface area contributed by atoms with Crippen LogP contribution in [0.2, 0.25) is 0 Å². The summed E-state index contributed by atoms with van der Waals surface area (Å²) in [4.78, 5) is 11.0. The van der Waals surface area contributed by atoms with Crippen molar-refractivity contribution in [1.82, 2.24) is 20.2 Å². The minimum absolute atomic E-state index is 0.293. The van der Waals surface area contributed by atoms with Crippen LogP contribution in [0.5, 0.6) is 5.75 Å². The monoisotopic (exact) mass is 513 g/mol. The number of sulfonamides is 1. The van der Waals surface area contributed by atoms with Gasteiger partial charge in [0.15, 0.2) is 0 Å². The molecule has 1 aliphatic rings. The molecule has 0 unspecified atom stereocenters. The first-order valence-corrected chi connectivity index (χ1v) is 13.6. The second kappa shape index (κ2) is 11.0. The van der Waals surface area contributed by atoms with Crippen molar-refractivity contribution >= 4 is 10.0 Å². The number of piperazine rings is 1. The number of phenolic OH excluding ortho intramolecular Hbond substituents is 1. The lowest BCUT2D eigenvalue weighted by Crippen LogP contribution is -2.53. The van der Waals surface area contributed by atoms with Gasteiger partial charge in [-0.05, 0) is 68.1 Å². The van der Waals surface area contributed by atoms with Crippen LogP contribution in [0.25, 0.3) is 11.3 Å². The van der Waals surface area contributed by atoms with Gasteiger partial charge in [0.2, 0.25) is 10.0 Å². The van der Waals surface area contributed by atoms with Crippen LogP contribution in [0.4, 0.5) is 4.39 Å². The largest absolute Gasteiger partial charge is 0.507 e. The van der Waals surface area contributed by atoms with E-state index in [0.717, 1.165) is 30.8 Å². The molecule has 4 rings (SSSR count). The summed E-state index contributed by atoms with van der Waals surface area (Å²) >= 11 is 0. The highest BCUT2D eigenvalue weighted by atomic mass is 32.2. The number of aromatic hydroxyl groups is 1. The summed E-state index contributed by atoms with van der Waals surface area (Å²) in [5.41, 5.74) is 2.74. The van der Waals surface area contributed by atoms with Crippen molar-refractivity contribution in [2.75, 3.05) is 13.1 Å². The molecule has 36 heavy (non-hydrogen) atoms. The molecular formula is C26H32FN5O3S. The Kier molecular flexibility index (Phi) is 7.99. The molecule has 192 valence electrons. The lowest BCUT2D eigenvalue weighted by molar-refractivity contribution is 0.139. The third-order valence-corrected chi connectivity index (χ3v) is 7.43. The van der Waals surface area contributed by atoms with Crippen molar-refractivity contribution in [2.45, 2.75) is 56.6 Å². The number of nitrogens with zero attached hydrogens (tertiary/aromatic N) is 3. The topological polar surface area (TPSA) is 121 Å². The minimum atomic E-state index is -4.01. The van der Waals surface area contributed by atoms with Crippen LogP contribution in [0.1, 0.15) is 37.2 Å². The predicted octanol–water partition coefficient (Wildman–Crippen LogP) is 2.99. The molecule has 2 aromatic carbocycles. The minimum Gasteiger partial charge on any atom is -0.507 e. The van der Waals surface area contributed by atoms with Gasteiger partial charge in [0, 0.05) is 49.9 Å². The summed E-state index contributed by atoms with van der Waals surface area (Å²) in [6, 6.07) is 12.1. The van der Waals surface area contributed by atoms with E-state index in [1.807, 2.05) is 12.1 Å². The van der Waals surface area contributed by atoms with E-state index in [9.17, 15) is 17.9 Å². The van der Waals surface area contributed by atoms with Gasteiger partial charge in [-0.2, -0.15) is 0 Å². The molecule has 10 heteroatoms. The van der Waals surface area contributed by atoms with Gasteiger partial charge in [-0.1, -0.05) is 12.1 Å². The molecule has 1 fully saturated rings. The molecule has 3 aromatic rings. The Labute approximate surface area is 211 Å². The van der Waals surface area contributed by atoms with E-state index in [1.165, 1.54) is 18.2 Å². The third kappa shape index (κ3) is 6.44. The van der Waals surface area contributed by atoms with Crippen molar-refractivity contribution in [3.8, 4) is 17.0 Å². The second-order valence-corrected chi connectivity index (χ2v) is 11.0. The number of nitrogens with one attached hydrogen (secondary N) is 1. The molecule has 4 N–H and O–H groups in total. The Balaban J connectivity index is 1.45. The zero-order chi connectivity index (χ0) is 25.9. The van der Waals surface area contributed by atoms with Crippen LogP contribution < -0.4 is 10.5 Å². The van der Waals surface area contributed by atoms with E-state index in [1.54, 1.807) is 18.3 Å². The fourth-order valence-corrected chi connectivity index (χ4v) is 5.16. The Morgan fingerprint density at radius 3 is 2.69 bits per heavy atom. The van der Waals surface area contributed by atoms with Crippen molar-refractivity contribution in [2.24, 2.45) is 5.14 Å². The molecule has 1 aromatic heterocycles. The highest BCUT2D eigenvalue weighted by molar-refractivity contribution is 7.89. The molecule has 1 saturated heterocycles. The molecule has 8 nitrogen and oxygen atoms in total. The normalized spacial score (nSPS) is 18.9. The molecular weight excluding hydrogens is 481 g/mol. The van der Waals surface area contributed by atoms with Crippen molar-refractivity contribution < 1.29 is 17.9 Å². The lowest BCUT2D eigenvalue weighted by atomic mass is 10.0. The Morgan fingerprint density at radius 2 is 1.92 bits per heavy atom. The molecule has 0 radical (unpaired) electrons. The quantitative estimate of drug-likeness (QED) is 0.423. The molecule has 0 aliphatic carbocycles. The zero-order valence-electron chi connectivity index (χ0n) is 20.5. The van der Waals surface area contributed by atoms with Crippen LogP contribution in [-0.2, 0) is 29.4 Å². The number of benzene rings is 2. The molecule has 1 aliphatic heterocycles. The van der Waals surface area contributed by atoms with Crippen LogP contribution >= 0.6 is 0 Å². The van der Waals surface area contributed by atoms with E-state index in [2.05, 4.69) is 34.0 Å². The maximum absolute atomic E-state index is 14.8. The standard InChI is InChI=1S/C26H32FN5O3S/c1-17-15-32(18(2)14-30-17)16-20-6-8-22(27)21(12-20)23-10-11-29-26(31-23)5-3-4-19-7-9-24(33)25(13-19)36(28,34)35/h6-13,17-18,30,33H,3-5,14-16H2,1-2H3,(H2,28,34,35)/t17-,18-/m0/s1. The van der Waals surface area contributed by atoms with Crippen molar-refractivity contribution in [3.63, 3.8) is 0 Å². The van der Waals surface area contributed by atoms with Gasteiger partial charge in [-0.15, -0.1) is 0 Å². The van der Waals surface area contributed by atoms with Crippen LogP contribution in [-0.4, -0.2) is 53.6 Å². The van der Waals surface area contributed by atoms with Gasteiger partial charge in [-0.25, -0.2) is 27.9 Å². The molecule has 0 bridgehead atoms. The third-order valence-electron chi connectivity index (χ3n) is 6.49.